The summed E-state index contributed by atoms with van der Waals surface area (Å²) in [5.41, 5.74) is 1.08. The van der Waals surface area contributed by atoms with Gasteiger partial charge in [0.25, 0.3) is 0 Å². The van der Waals surface area contributed by atoms with Crippen LogP contribution in [0.4, 0.5) is 0 Å². The third-order valence-corrected chi connectivity index (χ3v) is 4.13. The summed E-state index contributed by atoms with van der Waals surface area (Å²) < 4.78 is 3.86. The van der Waals surface area contributed by atoms with E-state index in [2.05, 4.69) is 28.8 Å². The zero-order valence-electron chi connectivity index (χ0n) is 9.44. The van der Waals surface area contributed by atoms with Gasteiger partial charge in [0.1, 0.15) is 0 Å². The van der Waals surface area contributed by atoms with Crippen LogP contribution in [0, 0.1) is 11.8 Å². The van der Waals surface area contributed by atoms with Gasteiger partial charge in [-0.1, -0.05) is 18.3 Å². The first-order valence-electron chi connectivity index (χ1n) is 5.75. The molecule has 3 nitrogen and oxygen atoms in total. The van der Waals surface area contributed by atoms with Crippen molar-refractivity contribution in [3.05, 3.63) is 11.1 Å². The predicted octanol–water partition coefficient (Wildman–Crippen LogP) is 2.45. The fourth-order valence-electron chi connectivity index (χ4n) is 2.24. The van der Waals surface area contributed by atoms with Crippen LogP contribution in [-0.4, -0.2) is 15.6 Å². The topological polar surface area (TPSA) is 37.8 Å². The van der Waals surface area contributed by atoms with E-state index < -0.39 is 0 Å². The third-order valence-electron chi connectivity index (χ3n) is 3.58. The van der Waals surface area contributed by atoms with Gasteiger partial charge in [0.2, 0.25) is 0 Å². The molecule has 84 valence electrons. The van der Waals surface area contributed by atoms with Crippen LogP contribution >= 0.6 is 11.5 Å². The van der Waals surface area contributed by atoms with Crippen LogP contribution in [0.5, 0.6) is 0 Å². The molecular formula is C11H19N3S. The van der Waals surface area contributed by atoms with E-state index in [1.807, 2.05) is 5.38 Å². The number of rotatable bonds is 3. The van der Waals surface area contributed by atoms with E-state index in [4.69, 9.17) is 0 Å². The van der Waals surface area contributed by atoms with Crippen molar-refractivity contribution in [3.63, 3.8) is 0 Å². The van der Waals surface area contributed by atoms with Gasteiger partial charge in [-0.25, -0.2) is 0 Å². The molecule has 2 rings (SSSR count). The predicted molar refractivity (Wildman–Crippen MR) is 62.7 cm³/mol. The van der Waals surface area contributed by atoms with Crippen molar-refractivity contribution in [1.82, 2.24) is 14.9 Å². The Kier molecular flexibility index (Phi) is 3.70. The van der Waals surface area contributed by atoms with Gasteiger partial charge >= 0.3 is 0 Å². The number of aromatic nitrogens is 2. The average molecular weight is 225 g/mol. The van der Waals surface area contributed by atoms with Gasteiger partial charge in [0.05, 0.1) is 5.69 Å². The lowest BCUT2D eigenvalue weighted by molar-refractivity contribution is 0.225. The number of hydrogen-bond donors (Lipinski definition) is 1. The maximum absolute atomic E-state index is 4.04. The fourth-order valence-corrected chi connectivity index (χ4v) is 2.69. The van der Waals surface area contributed by atoms with Crippen molar-refractivity contribution in [3.8, 4) is 0 Å². The lowest BCUT2D eigenvalue weighted by atomic mass is 9.79. The van der Waals surface area contributed by atoms with Crippen LogP contribution in [0.15, 0.2) is 5.38 Å². The molecule has 1 fully saturated rings. The standard InChI is InChI=1S/C11H19N3S/c1-8-3-4-10(5-9(8)2)12-6-11-7-15-14-13-11/h7-10,12H,3-6H2,1-2H3. The van der Waals surface area contributed by atoms with E-state index >= 15 is 0 Å². The zero-order chi connectivity index (χ0) is 10.7. The van der Waals surface area contributed by atoms with Crippen LogP contribution < -0.4 is 5.32 Å². The Bertz CT molecular complexity index is 286. The molecule has 1 aromatic rings. The Morgan fingerprint density at radius 1 is 1.40 bits per heavy atom. The Labute approximate surface area is 95.4 Å². The normalized spacial score (nSPS) is 31.7. The molecule has 1 N–H and O–H groups in total. The second-order valence-corrected chi connectivity index (χ2v) is 5.35. The Hall–Kier alpha value is -0.480. The van der Waals surface area contributed by atoms with Gasteiger partial charge in [-0.3, -0.25) is 0 Å². The third kappa shape index (κ3) is 2.98. The lowest BCUT2D eigenvalue weighted by Gasteiger charge is -2.32. The Morgan fingerprint density at radius 3 is 2.93 bits per heavy atom. The maximum atomic E-state index is 4.04. The molecule has 1 heterocycles. The highest BCUT2D eigenvalue weighted by molar-refractivity contribution is 7.03. The largest absolute Gasteiger partial charge is 0.308 e. The highest BCUT2D eigenvalue weighted by Crippen LogP contribution is 2.29. The van der Waals surface area contributed by atoms with E-state index in [-0.39, 0.29) is 0 Å². The van der Waals surface area contributed by atoms with Gasteiger partial charge in [-0.05, 0) is 42.6 Å². The smallest absolute Gasteiger partial charge is 0.0893 e. The molecule has 15 heavy (non-hydrogen) atoms. The monoisotopic (exact) mass is 225 g/mol. The van der Waals surface area contributed by atoms with E-state index in [9.17, 15) is 0 Å². The molecule has 0 radical (unpaired) electrons. The van der Waals surface area contributed by atoms with Crippen molar-refractivity contribution in [1.29, 1.82) is 0 Å². The molecule has 3 unspecified atom stereocenters. The fraction of sp³-hybridized carbons (Fsp3) is 0.818. The molecule has 1 saturated carbocycles. The molecule has 0 amide bonds. The first-order chi connectivity index (χ1) is 7.25. The first kappa shape index (κ1) is 11.0. The molecule has 0 saturated heterocycles. The van der Waals surface area contributed by atoms with Crippen molar-refractivity contribution < 1.29 is 0 Å². The summed E-state index contributed by atoms with van der Waals surface area (Å²) in [5.74, 6) is 1.74. The summed E-state index contributed by atoms with van der Waals surface area (Å²) in [5, 5.41) is 9.64. The molecule has 0 bridgehead atoms. The Balaban J connectivity index is 1.76. The van der Waals surface area contributed by atoms with Gasteiger partial charge in [0.15, 0.2) is 0 Å². The highest BCUT2D eigenvalue weighted by Gasteiger charge is 2.23. The van der Waals surface area contributed by atoms with Gasteiger partial charge in [-0.2, -0.15) is 0 Å². The highest BCUT2D eigenvalue weighted by atomic mass is 32.1. The number of nitrogens with zero attached hydrogens (tertiary/aromatic N) is 2. The molecular weight excluding hydrogens is 206 g/mol. The average Bonchev–Trinajstić information content (AvgIpc) is 2.73. The van der Waals surface area contributed by atoms with E-state index in [1.165, 1.54) is 30.8 Å². The molecule has 0 aromatic carbocycles. The summed E-state index contributed by atoms with van der Waals surface area (Å²) in [6, 6.07) is 0.679. The van der Waals surface area contributed by atoms with E-state index in [0.717, 1.165) is 24.1 Å². The summed E-state index contributed by atoms with van der Waals surface area (Å²) >= 11 is 1.43. The lowest BCUT2D eigenvalue weighted by Crippen LogP contribution is -2.35. The van der Waals surface area contributed by atoms with Gasteiger partial charge in [-0.15, -0.1) is 5.10 Å². The molecule has 4 heteroatoms. The molecule has 1 aromatic heterocycles. The number of nitrogens with one attached hydrogen (secondary N) is 1. The second-order valence-electron chi connectivity index (χ2n) is 4.74. The minimum atomic E-state index is 0.679. The zero-order valence-corrected chi connectivity index (χ0v) is 10.3. The van der Waals surface area contributed by atoms with Crippen LogP contribution in [0.2, 0.25) is 0 Å². The van der Waals surface area contributed by atoms with Crippen LogP contribution in [0.25, 0.3) is 0 Å². The van der Waals surface area contributed by atoms with Crippen LogP contribution in [-0.2, 0) is 6.54 Å². The van der Waals surface area contributed by atoms with E-state index in [1.54, 1.807) is 0 Å². The molecule has 0 spiro atoms. The SMILES string of the molecule is CC1CCC(NCc2csnn2)CC1C. The van der Waals surface area contributed by atoms with Gasteiger partial charge < -0.3 is 5.32 Å². The quantitative estimate of drug-likeness (QED) is 0.858. The van der Waals surface area contributed by atoms with Crippen molar-refractivity contribution in [2.24, 2.45) is 11.8 Å². The summed E-state index contributed by atoms with van der Waals surface area (Å²) in [6.07, 6.45) is 3.97. The minimum absolute atomic E-state index is 0.679. The van der Waals surface area contributed by atoms with Crippen LogP contribution in [0.3, 0.4) is 0 Å². The second kappa shape index (κ2) is 5.03. The number of hydrogen-bond acceptors (Lipinski definition) is 4. The summed E-state index contributed by atoms with van der Waals surface area (Å²) in [7, 11) is 0. The van der Waals surface area contributed by atoms with Crippen molar-refractivity contribution in [2.75, 3.05) is 0 Å². The summed E-state index contributed by atoms with van der Waals surface area (Å²) in [6.45, 7) is 5.61. The maximum Gasteiger partial charge on any atom is 0.0893 e. The molecule has 0 aliphatic heterocycles. The Morgan fingerprint density at radius 2 is 2.27 bits per heavy atom. The minimum Gasteiger partial charge on any atom is -0.308 e. The molecule has 1 aliphatic carbocycles. The van der Waals surface area contributed by atoms with Gasteiger partial charge in [0, 0.05) is 18.0 Å². The van der Waals surface area contributed by atoms with E-state index in [0.29, 0.717) is 6.04 Å². The summed E-state index contributed by atoms with van der Waals surface area (Å²) in [4.78, 5) is 0. The van der Waals surface area contributed by atoms with Crippen LogP contribution in [0.1, 0.15) is 38.8 Å². The first-order valence-corrected chi connectivity index (χ1v) is 6.58. The van der Waals surface area contributed by atoms with Crippen molar-refractivity contribution in [2.45, 2.75) is 45.7 Å². The van der Waals surface area contributed by atoms with Crippen molar-refractivity contribution >= 4 is 11.5 Å². The molecule has 3 atom stereocenters. The molecule has 1 aliphatic rings.